The van der Waals surface area contributed by atoms with Crippen molar-refractivity contribution < 1.29 is 30.2 Å². The summed E-state index contributed by atoms with van der Waals surface area (Å²) in [5.41, 5.74) is 11.0. The Kier molecular flexibility index (Phi) is 9.75. The van der Waals surface area contributed by atoms with E-state index in [0.717, 1.165) is 77.9 Å². The Bertz CT molecular complexity index is 3140. The van der Waals surface area contributed by atoms with Gasteiger partial charge in [0.1, 0.15) is 17.0 Å². The van der Waals surface area contributed by atoms with Gasteiger partial charge in [-0.15, -0.1) is 48.3 Å². The van der Waals surface area contributed by atoms with Crippen LogP contribution in [0.1, 0.15) is 79.0 Å². The summed E-state index contributed by atoms with van der Waals surface area (Å²) < 4.78 is 15.8. The minimum Gasteiger partial charge on any atom is -0.509 e. The van der Waals surface area contributed by atoms with Crippen LogP contribution in [0.3, 0.4) is 0 Å². The number of aromatic nitrogens is 2. The van der Waals surface area contributed by atoms with Crippen molar-refractivity contribution in [1.29, 1.82) is 0 Å². The van der Waals surface area contributed by atoms with Gasteiger partial charge in [-0.25, -0.2) is 4.98 Å². The molecular weight excluding hydrogens is 932 g/mol. The minimum atomic E-state index is -0.167. The number of nitrogens with zero attached hydrogens (tertiary/aromatic N) is 4. The summed E-state index contributed by atoms with van der Waals surface area (Å²) in [7, 11) is 0. The summed E-state index contributed by atoms with van der Waals surface area (Å²) in [5, 5.41) is 4.27. The van der Waals surface area contributed by atoms with Gasteiger partial charge in [0.15, 0.2) is 0 Å². The zero-order valence-corrected chi connectivity index (χ0v) is 38.4. The van der Waals surface area contributed by atoms with Gasteiger partial charge < -0.3 is 23.5 Å². The average molecular weight is 981 g/mol. The normalized spacial score (nSPS) is 13.4. The second-order valence-electron chi connectivity index (χ2n) is 19.1. The van der Waals surface area contributed by atoms with E-state index in [1.807, 2.05) is 12.3 Å². The van der Waals surface area contributed by atoms with E-state index >= 15 is 0 Å². The summed E-state index contributed by atoms with van der Waals surface area (Å²) in [5.74, 6) is 1.99. The molecule has 61 heavy (non-hydrogen) atoms. The van der Waals surface area contributed by atoms with Gasteiger partial charge >= 0.3 is 0 Å². The van der Waals surface area contributed by atoms with Crippen LogP contribution in [0.2, 0.25) is 0 Å². The molecule has 0 bridgehead atoms. The zero-order valence-electron chi connectivity index (χ0n) is 36.1. The van der Waals surface area contributed by atoms with E-state index in [1.165, 1.54) is 11.1 Å². The fourth-order valence-corrected chi connectivity index (χ4v) is 8.56. The van der Waals surface area contributed by atoms with Crippen molar-refractivity contribution in [3.8, 4) is 17.3 Å². The van der Waals surface area contributed by atoms with Gasteiger partial charge in [-0.2, -0.15) is 6.07 Å². The third-order valence-corrected chi connectivity index (χ3v) is 11.8. The molecule has 0 fully saturated rings. The van der Waals surface area contributed by atoms with E-state index in [9.17, 15) is 0 Å². The van der Waals surface area contributed by atoms with E-state index in [0.29, 0.717) is 11.5 Å². The number of rotatable bonds is 5. The molecule has 9 aromatic rings. The van der Waals surface area contributed by atoms with Crippen LogP contribution in [0.15, 0.2) is 132 Å². The molecule has 0 atom stereocenters. The molecule has 1 aliphatic rings. The number of benzene rings is 6. The predicted molar refractivity (Wildman–Crippen MR) is 248 cm³/mol. The molecule has 0 spiro atoms. The van der Waals surface area contributed by atoms with Crippen molar-refractivity contribution in [3.63, 3.8) is 0 Å². The number of fused-ring (bicyclic) bond motifs is 8. The number of hydrogen-bond acceptors (Lipinski definition) is 5. The van der Waals surface area contributed by atoms with Crippen molar-refractivity contribution in [1.82, 2.24) is 9.55 Å². The standard InChI is InChI=1S/C54H49N4O2.Pt/c1-52(2,3)35-26-27-55-48(30-35)58-46-32-38(23-24-41(46)51-50(58)49-40-17-11-10-16-34(40)22-25-47(49)60-51)59-39-29-36(53(4,5)6)28-37(31-39)56-33-57(45-21-15-14-20-44(45)56)43-19-13-12-18-42(43)54(7,8)9;/h10-30,33H,1-9H3;/q-3;. The number of anilines is 4. The number of para-hydroxylation sites is 3. The van der Waals surface area contributed by atoms with Gasteiger partial charge in [-0.05, 0) is 74.5 Å². The maximum absolute atomic E-state index is 6.86. The summed E-state index contributed by atoms with van der Waals surface area (Å²) in [6.45, 7) is 22.4. The SMILES string of the molecule is CC(C)(C)c1cc(Oc2[c-]c3c(cc2)c2oc4ccc5ccccc5c4c2n3-c2cc(C(C)(C)C)ccn2)[c-]c(N2[CH-]N(c3ccccc3C(C)(C)C)c3ccccc32)c1.[Pt]. The predicted octanol–water partition coefficient (Wildman–Crippen LogP) is 14.8. The van der Waals surface area contributed by atoms with Crippen molar-refractivity contribution in [2.75, 3.05) is 9.80 Å². The zero-order chi connectivity index (χ0) is 41.7. The molecule has 0 aliphatic carbocycles. The Morgan fingerprint density at radius 1 is 0.607 bits per heavy atom. The number of pyridine rings is 1. The summed E-state index contributed by atoms with van der Waals surface area (Å²) >= 11 is 0. The van der Waals surface area contributed by atoms with Gasteiger partial charge in [-0.1, -0.05) is 134 Å². The van der Waals surface area contributed by atoms with Crippen LogP contribution < -0.4 is 14.5 Å². The third kappa shape index (κ3) is 6.99. The maximum atomic E-state index is 6.86. The van der Waals surface area contributed by atoms with Crippen LogP contribution in [0.5, 0.6) is 11.5 Å². The van der Waals surface area contributed by atoms with Crippen molar-refractivity contribution in [2.45, 2.75) is 78.6 Å². The quantitative estimate of drug-likeness (QED) is 0.161. The van der Waals surface area contributed by atoms with Crippen LogP contribution in [-0.4, -0.2) is 9.55 Å². The molecule has 310 valence electrons. The molecule has 0 unspecified atom stereocenters. The van der Waals surface area contributed by atoms with Crippen molar-refractivity contribution in [2.24, 2.45) is 0 Å². The second-order valence-corrected chi connectivity index (χ2v) is 19.1. The first-order valence-corrected chi connectivity index (χ1v) is 20.8. The largest absolute Gasteiger partial charge is 0.509 e. The van der Waals surface area contributed by atoms with Gasteiger partial charge in [0.25, 0.3) is 0 Å². The fourth-order valence-electron chi connectivity index (χ4n) is 8.56. The molecule has 0 saturated heterocycles. The first-order valence-electron chi connectivity index (χ1n) is 20.8. The first kappa shape index (κ1) is 40.6. The summed E-state index contributed by atoms with van der Waals surface area (Å²) in [4.78, 5) is 9.51. The topological polar surface area (TPSA) is 46.7 Å². The Morgan fingerprint density at radius 2 is 1.30 bits per heavy atom. The van der Waals surface area contributed by atoms with Crippen LogP contribution in [0.4, 0.5) is 22.7 Å². The molecule has 10 rings (SSSR count). The maximum Gasteiger partial charge on any atom is 0.136 e. The molecule has 0 radical (unpaired) electrons. The molecule has 0 saturated carbocycles. The molecule has 6 aromatic carbocycles. The van der Waals surface area contributed by atoms with Crippen molar-refractivity contribution in [3.05, 3.63) is 163 Å². The van der Waals surface area contributed by atoms with Gasteiger partial charge in [0.05, 0.1) is 10.9 Å². The van der Waals surface area contributed by atoms with Crippen LogP contribution >= 0.6 is 0 Å². The molecular formula is C54H49N4O2Pt-3. The Morgan fingerprint density at radius 3 is 2.03 bits per heavy atom. The Labute approximate surface area is 373 Å². The third-order valence-electron chi connectivity index (χ3n) is 11.8. The van der Waals surface area contributed by atoms with E-state index < -0.39 is 0 Å². The number of hydrogen-bond donors (Lipinski definition) is 0. The molecule has 7 heteroatoms. The van der Waals surface area contributed by atoms with E-state index in [4.69, 9.17) is 14.1 Å². The van der Waals surface area contributed by atoms with E-state index in [-0.39, 0.29) is 37.3 Å². The molecule has 3 aromatic heterocycles. The van der Waals surface area contributed by atoms with Gasteiger partial charge in [0.2, 0.25) is 0 Å². The van der Waals surface area contributed by atoms with Crippen molar-refractivity contribution >= 4 is 66.5 Å². The minimum absolute atomic E-state index is 0. The molecule has 6 nitrogen and oxygen atoms in total. The molecule has 4 heterocycles. The van der Waals surface area contributed by atoms with Gasteiger partial charge in [-0.3, -0.25) is 0 Å². The van der Waals surface area contributed by atoms with Crippen LogP contribution in [0, 0.1) is 18.8 Å². The Balaban J connectivity index is 0.00000476. The van der Waals surface area contributed by atoms with E-state index in [2.05, 4.69) is 211 Å². The summed E-state index contributed by atoms with van der Waals surface area (Å²) in [6, 6.07) is 50.0. The smallest absolute Gasteiger partial charge is 0.136 e. The first-order chi connectivity index (χ1) is 28.6. The fraction of sp³-hybridized carbons (Fsp3) is 0.222. The van der Waals surface area contributed by atoms with Gasteiger partial charge in [0, 0.05) is 55.8 Å². The van der Waals surface area contributed by atoms with Crippen LogP contribution in [-0.2, 0) is 37.3 Å². The molecule has 0 N–H and O–H groups in total. The monoisotopic (exact) mass is 980 g/mol. The second kappa shape index (κ2) is 14.7. The number of furan rings is 1. The summed E-state index contributed by atoms with van der Waals surface area (Å²) in [6.07, 6.45) is 1.90. The molecule has 0 amide bonds. The molecule has 1 aliphatic heterocycles. The Hall–Kier alpha value is -5.84. The van der Waals surface area contributed by atoms with Crippen LogP contribution in [0.25, 0.3) is 49.6 Å². The van der Waals surface area contributed by atoms with E-state index in [1.54, 1.807) is 0 Å². The average Bonchev–Trinajstić information content (AvgIpc) is 3.89. The number of ether oxygens (including phenoxy) is 1.